The first kappa shape index (κ1) is 19.9. The summed E-state index contributed by atoms with van der Waals surface area (Å²) in [6, 6.07) is 25.9. The van der Waals surface area contributed by atoms with Crippen molar-refractivity contribution in [1.29, 1.82) is 0 Å². The van der Waals surface area contributed by atoms with Crippen LogP contribution in [0.25, 0.3) is 11.5 Å². The van der Waals surface area contributed by atoms with Crippen LogP contribution < -0.4 is 5.32 Å². The zero-order valence-electron chi connectivity index (χ0n) is 16.6. The molecule has 0 saturated carbocycles. The lowest BCUT2D eigenvalue weighted by atomic mass is 10.1. The molecule has 5 nitrogen and oxygen atoms in total. The number of oxazole rings is 1. The van der Waals surface area contributed by atoms with Crippen molar-refractivity contribution in [3.05, 3.63) is 96.1 Å². The van der Waals surface area contributed by atoms with Gasteiger partial charge in [0.1, 0.15) is 0 Å². The Kier molecular flexibility index (Phi) is 5.68. The number of aryl methyl sites for hydroxylation is 1. The Morgan fingerprint density at radius 3 is 2.17 bits per heavy atom. The quantitative estimate of drug-likeness (QED) is 0.450. The Hall–Kier alpha value is -3.38. The first-order valence-corrected chi connectivity index (χ1v) is 11.2. The van der Waals surface area contributed by atoms with Crippen molar-refractivity contribution >= 4 is 15.7 Å². The third-order valence-corrected chi connectivity index (χ3v) is 6.42. The lowest BCUT2D eigenvalue weighted by Gasteiger charge is -2.06. The molecule has 3 aromatic carbocycles. The Morgan fingerprint density at radius 2 is 1.50 bits per heavy atom. The van der Waals surface area contributed by atoms with E-state index >= 15 is 0 Å². The Morgan fingerprint density at radius 1 is 0.867 bits per heavy atom. The Labute approximate surface area is 176 Å². The van der Waals surface area contributed by atoms with Crippen molar-refractivity contribution in [1.82, 2.24) is 4.98 Å². The highest BCUT2D eigenvalue weighted by Crippen LogP contribution is 2.32. The highest BCUT2D eigenvalue weighted by molar-refractivity contribution is 7.91. The van der Waals surface area contributed by atoms with Crippen LogP contribution in [0.5, 0.6) is 0 Å². The van der Waals surface area contributed by atoms with E-state index in [4.69, 9.17) is 4.42 Å². The summed E-state index contributed by atoms with van der Waals surface area (Å²) in [6.45, 7) is 2.51. The van der Waals surface area contributed by atoms with Gasteiger partial charge in [-0.2, -0.15) is 4.98 Å². The maximum absolute atomic E-state index is 13.2. The van der Waals surface area contributed by atoms with Gasteiger partial charge in [0.2, 0.25) is 26.6 Å². The zero-order chi connectivity index (χ0) is 21.0. The van der Waals surface area contributed by atoms with Gasteiger partial charge in [-0.25, -0.2) is 8.42 Å². The fraction of sp³-hybridized carbons (Fsp3) is 0.125. The monoisotopic (exact) mass is 418 g/mol. The minimum absolute atomic E-state index is 0.0997. The SMILES string of the molecule is Cc1ccc(-c2nc(S(=O)(=O)c3ccccc3)c(NCCc3ccccc3)o2)cc1. The summed E-state index contributed by atoms with van der Waals surface area (Å²) >= 11 is 0. The topological polar surface area (TPSA) is 72.2 Å². The summed E-state index contributed by atoms with van der Waals surface area (Å²) in [4.78, 5) is 4.55. The zero-order valence-corrected chi connectivity index (χ0v) is 17.4. The van der Waals surface area contributed by atoms with Crippen molar-refractivity contribution in [2.45, 2.75) is 23.3 Å². The van der Waals surface area contributed by atoms with E-state index in [1.807, 2.05) is 61.5 Å². The van der Waals surface area contributed by atoms with Gasteiger partial charge in [0.25, 0.3) is 0 Å². The smallest absolute Gasteiger partial charge is 0.233 e. The minimum Gasteiger partial charge on any atom is -0.419 e. The predicted octanol–water partition coefficient (Wildman–Crippen LogP) is 5.14. The fourth-order valence-electron chi connectivity index (χ4n) is 3.10. The summed E-state index contributed by atoms with van der Waals surface area (Å²) < 4.78 is 32.3. The number of anilines is 1. The Bertz CT molecular complexity index is 1220. The van der Waals surface area contributed by atoms with E-state index < -0.39 is 9.84 Å². The van der Waals surface area contributed by atoms with Crippen LogP contribution in [0.4, 0.5) is 5.88 Å². The maximum Gasteiger partial charge on any atom is 0.233 e. The molecule has 0 radical (unpaired) electrons. The molecule has 0 fully saturated rings. The molecule has 0 aliphatic rings. The normalized spacial score (nSPS) is 11.4. The van der Waals surface area contributed by atoms with Gasteiger partial charge in [0, 0.05) is 12.1 Å². The lowest BCUT2D eigenvalue weighted by Crippen LogP contribution is -2.09. The third kappa shape index (κ3) is 4.28. The molecule has 30 heavy (non-hydrogen) atoms. The summed E-state index contributed by atoms with van der Waals surface area (Å²) in [6.07, 6.45) is 0.728. The van der Waals surface area contributed by atoms with Gasteiger partial charge < -0.3 is 9.73 Å². The van der Waals surface area contributed by atoms with Gasteiger partial charge in [-0.05, 0) is 43.2 Å². The molecule has 0 bridgehead atoms. The number of sulfone groups is 1. The van der Waals surface area contributed by atoms with Crippen LogP contribution >= 0.6 is 0 Å². The summed E-state index contributed by atoms with van der Waals surface area (Å²) in [5.41, 5.74) is 2.97. The van der Waals surface area contributed by atoms with E-state index in [2.05, 4.69) is 10.3 Å². The number of nitrogens with one attached hydrogen (secondary N) is 1. The molecule has 0 aliphatic heterocycles. The number of hydrogen-bond donors (Lipinski definition) is 1. The predicted molar refractivity (Wildman–Crippen MR) is 117 cm³/mol. The first-order chi connectivity index (χ1) is 14.5. The second kappa shape index (κ2) is 8.55. The molecule has 1 N–H and O–H groups in total. The lowest BCUT2D eigenvalue weighted by molar-refractivity contribution is 0.577. The molecule has 4 aromatic rings. The van der Waals surface area contributed by atoms with Crippen molar-refractivity contribution in [2.24, 2.45) is 0 Å². The van der Waals surface area contributed by atoms with Crippen LogP contribution in [-0.2, 0) is 16.3 Å². The molecule has 1 heterocycles. The molecule has 1 aromatic heterocycles. The Balaban J connectivity index is 1.68. The van der Waals surface area contributed by atoms with Gasteiger partial charge in [0.15, 0.2) is 0 Å². The van der Waals surface area contributed by atoms with Crippen LogP contribution in [0.3, 0.4) is 0 Å². The largest absolute Gasteiger partial charge is 0.419 e. The standard InChI is InChI=1S/C24H22N2O3S/c1-18-12-14-20(15-13-18)22-26-24(30(27,28)21-10-6-3-7-11-21)23(29-22)25-17-16-19-8-4-2-5-9-19/h2-15,25H,16-17H2,1H3. The highest BCUT2D eigenvalue weighted by atomic mass is 32.2. The second-order valence-corrected chi connectivity index (χ2v) is 8.86. The maximum atomic E-state index is 13.2. The van der Waals surface area contributed by atoms with Crippen LogP contribution in [-0.4, -0.2) is 19.9 Å². The molecule has 0 atom stereocenters. The molecule has 0 saturated heterocycles. The second-order valence-electron chi connectivity index (χ2n) is 7.00. The van der Waals surface area contributed by atoms with Gasteiger partial charge in [-0.3, -0.25) is 0 Å². The molecular weight excluding hydrogens is 396 g/mol. The molecule has 152 valence electrons. The van der Waals surface area contributed by atoms with E-state index in [9.17, 15) is 8.42 Å². The van der Waals surface area contributed by atoms with E-state index in [1.165, 1.54) is 0 Å². The molecule has 0 amide bonds. The van der Waals surface area contributed by atoms with Gasteiger partial charge in [-0.1, -0.05) is 66.2 Å². The average Bonchev–Trinajstić information content (AvgIpc) is 3.21. The van der Waals surface area contributed by atoms with Gasteiger partial charge >= 0.3 is 0 Å². The van der Waals surface area contributed by atoms with E-state index in [0.29, 0.717) is 6.54 Å². The van der Waals surface area contributed by atoms with Crippen LogP contribution in [0, 0.1) is 6.92 Å². The first-order valence-electron chi connectivity index (χ1n) is 9.70. The average molecular weight is 419 g/mol. The van der Waals surface area contributed by atoms with E-state index in [0.717, 1.165) is 23.1 Å². The number of aromatic nitrogens is 1. The molecule has 4 rings (SSSR count). The number of nitrogens with zero attached hydrogens (tertiary/aromatic N) is 1. The van der Waals surface area contributed by atoms with Crippen molar-refractivity contribution in [2.75, 3.05) is 11.9 Å². The molecule has 0 aliphatic carbocycles. The van der Waals surface area contributed by atoms with Crippen molar-refractivity contribution < 1.29 is 12.8 Å². The highest BCUT2D eigenvalue weighted by Gasteiger charge is 2.28. The molecule has 6 heteroatoms. The summed E-state index contributed by atoms with van der Waals surface area (Å²) in [5, 5.41) is 3.03. The number of benzene rings is 3. The van der Waals surface area contributed by atoms with E-state index in [-0.39, 0.29) is 21.7 Å². The number of rotatable bonds is 7. The van der Waals surface area contributed by atoms with Crippen LogP contribution in [0.1, 0.15) is 11.1 Å². The summed E-state index contributed by atoms with van der Waals surface area (Å²) in [7, 11) is -3.83. The molecular formula is C24H22N2O3S. The van der Waals surface area contributed by atoms with Crippen molar-refractivity contribution in [3.63, 3.8) is 0 Å². The minimum atomic E-state index is -3.83. The van der Waals surface area contributed by atoms with Crippen LogP contribution in [0.15, 0.2) is 99.3 Å². The number of hydrogen-bond acceptors (Lipinski definition) is 5. The molecule has 0 unspecified atom stereocenters. The third-order valence-electron chi connectivity index (χ3n) is 4.74. The van der Waals surface area contributed by atoms with E-state index in [1.54, 1.807) is 30.3 Å². The van der Waals surface area contributed by atoms with Crippen LogP contribution in [0.2, 0.25) is 0 Å². The van der Waals surface area contributed by atoms with Crippen molar-refractivity contribution in [3.8, 4) is 11.5 Å². The molecule has 0 spiro atoms. The fourth-order valence-corrected chi connectivity index (χ4v) is 4.40. The van der Waals surface area contributed by atoms with Gasteiger partial charge in [0.05, 0.1) is 4.90 Å². The summed E-state index contributed by atoms with van der Waals surface area (Å²) in [5.74, 6) is 0.428. The van der Waals surface area contributed by atoms with Gasteiger partial charge in [-0.15, -0.1) is 0 Å².